The van der Waals surface area contributed by atoms with Crippen LogP contribution in [0, 0.1) is 5.82 Å². The standard InChI is InChI=1S/C12H16BrClFN/c1-12(2,6-7-14)16-8-9-4-3-5-10(15)11(9)13/h3-5,16H,6-8H2,1-2H3. The van der Waals surface area contributed by atoms with E-state index in [0.717, 1.165) is 12.0 Å². The molecular formula is C12H16BrClFN. The molecule has 0 aliphatic heterocycles. The molecule has 0 fully saturated rings. The number of hydrogen-bond acceptors (Lipinski definition) is 1. The highest BCUT2D eigenvalue weighted by molar-refractivity contribution is 9.10. The minimum atomic E-state index is -0.227. The second-order valence-corrected chi connectivity index (χ2v) is 5.56. The Morgan fingerprint density at radius 2 is 2.12 bits per heavy atom. The van der Waals surface area contributed by atoms with Crippen molar-refractivity contribution in [3.8, 4) is 0 Å². The molecule has 1 rings (SSSR count). The van der Waals surface area contributed by atoms with E-state index in [-0.39, 0.29) is 11.4 Å². The molecule has 16 heavy (non-hydrogen) atoms. The maximum atomic E-state index is 13.3. The first-order valence-corrected chi connectivity index (χ1v) is 6.53. The number of benzene rings is 1. The molecule has 4 heteroatoms. The van der Waals surface area contributed by atoms with Crippen molar-refractivity contribution in [2.75, 3.05) is 5.88 Å². The summed E-state index contributed by atoms with van der Waals surface area (Å²) in [4.78, 5) is 0. The van der Waals surface area contributed by atoms with Crippen LogP contribution in [0.4, 0.5) is 4.39 Å². The predicted molar refractivity (Wildman–Crippen MR) is 70.4 cm³/mol. The summed E-state index contributed by atoms with van der Waals surface area (Å²) in [5.74, 6) is 0.388. The van der Waals surface area contributed by atoms with E-state index >= 15 is 0 Å². The lowest BCUT2D eigenvalue weighted by Gasteiger charge is -2.25. The molecule has 0 amide bonds. The van der Waals surface area contributed by atoms with Crippen LogP contribution in [0.2, 0.25) is 0 Å². The number of alkyl halides is 1. The zero-order valence-electron chi connectivity index (χ0n) is 9.49. The van der Waals surface area contributed by atoms with E-state index in [1.54, 1.807) is 6.07 Å². The summed E-state index contributed by atoms with van der Waals surface area (Å²) in [7, 11) is 0. The van der Waals surface area contributed by atoms with Crippen molar-refractivity contribution in [2.45, 2.75) is 32.4 Å². The molecule has 1 aromatic rings. The Morgan fingerprint density at radius 3 is 2.75 bits per heavy atom. The monoisotopic (exact) mass is 307 g/mol. The van der Waals surface area contributed by atoms with Crippen LogP contribution >= 0.6 is 27.5 Å². The van der Waals surface area contributed by atoms with Crippen LogP contribution in [0.15, 0.2) is 22.7 Å². The van der Waals surface area contributed by atoms with Gasteiger partial charge in [-0.25, -0.2) is 4.39 Å². The van der Waals surface area contributed by atoms with Gasteiger partial charge in [0.2, 0.25) is 0 Å². The third-order valence-electron chi connectivity index (χ3n) is 2.51. The summed E-state index contributed by atoms with van der Waals surface area (Å²) in [6.07, 6.45) is 0.876. The van der Waals surface area contributed by atoms with Gasteiger partial charge in [0.05, 0.1) is 4.47 Å². The van der Waals surface area contributed by atoms with Gasteiger partial charge in [0, 0.05) is 18.0 Å². The Morgan fingerprint density at radius 1 is 1.44 bits per heavy atom. The molecule has 1 nitrogen and oxygen atoms in total. The van der Waals surface area contributed by atoms with Crippen LogP contribution in [0.25, 0.3) is 0 Å². The molecule has 1 N–H and O–H groups in total. The van der Waals surface area contributed by atoms with Crippen molar-refractivity contribution in [1.82, 2.24) is 5.32 Å². The van der Waals surface area contributed by atoms with Crippen LogP contribution in [0.5, 0.6) is 0 Å². The highest BCUT2D eigenvalue weighted by Gasteiger charge is 2.16. The third kappa shape index (κ3) is 4.04. The fraction of sp³-hybridized carbons (Fsp3) is 0.500. The van der Waals surface area contributed by atoms with Crippen LogP contribution in [0.3, 0.4) is 0 Å². The first kappa shape index (κ1) is 13.9. The van der Waals surface area contributed by atoms with Crippen molar-refractivity contribution in [3.63, 3.8) is 0 Å². The summed E-state index contributed by atoms with van der Waals surface area (Å²) in [6, 6.07) is 5.06. The van der Waals surface area contributed by atoms with Gasteiger partial charge in [-0.15, -0.1) is 11.6 Å². The fourth-order valence-electron chi connectivity index (χ4n) is 1.34. The molecule has 0 unspecified atom stereocenters. The number of rotatable bonds is 5. The largest absolute Gasteiger partial charge is 0.308 e. The number of nitrogens with one attached hydrogen (secondary N) is 1. The maximum absolute atomic E-state index is 13.3. The van der Waals surface area contributed by atoms with Crippen molar-refractivity contribution in [1.29, 1.82) is 0 Å². The first-order valence-electron chi connectivity index (χ1n) is 5.20. The van der Waals surface area contributed by atoms with Gasteiger partial charge in [-0.2, -0.15) is 0 Å². The summed E-state index contributed by atoms with van der Waals surface area (Å²) >= 11 is 8.96. The molecule has 0 heterocycles. The third-order valence-corrected chi connectivity index (χ3v) is 3.59. The van der Waals surface area contributed by atoms with E-state index in [1.165, 1.54) is 6.07 Å². The van der Waals surface area contributed by atoms with E-state index in [9.17, 15) is 4.39 Å². The van der Waals surface area contributed by atoms with Gasteiger partial charge in [0.1, 0.15) is 5.82 Å². The smallest absolute Gasteiger partial charge is 0.137 e. The van der Waals surface area contributed by atoms with Crippen molar-refractivity contribution in [3.05, 3.63) is 34.1 Å². The average Bonchev–Trinajstić information content (AvgIpc) is 2.20. The Kier molecular flexibility index (Phi) is 5.22. The normalized spacial score (nSPS) is 11.8. The average molecular weight is 309 g/mol. The minimum absolute atomic E-state index is 0.0342. The van der Waals surface area contributed by atoms with Gasteiger partial charge in [0.25, 0.3) is 0 Å². The Bertz CT molecular complexity index is 355. The lowest BCUT2D eigenvalue weighted by Crippen LogP contribution is -2.39. The summed E-state index contributed by atoms with van der Waals surface area (Å²) < 4.78 is 13.8. The van der Waals surface area contributed by atoms with Gasteiger partial charge in [-0.05, 0) is 47.8 Å². The maximum Gasteiger partial charge on any atom is 0.137 e. The zero-order valence-corrected chi connectivity index (χ0v) is 11.8. The van der Waals surface area contributed by atoms with Crippen molar-refractivity contribution >= 4 is 27.5 Å². The molecule has 0 spiro atoms. The lowest BCUT2D eigenvalue weighted by atomic mass is 10.0. The predicted octanol–water partition coefficient (Wildman–Crippen LogP) is 4.09. The molecule has 0 bridgehead atoms. The van der Waals surface area contributed by atoms with Gasteiger partial charge in [-0.3, -0.25) is 0 Å². The highest BCUT2D eigenvalue weighted by Crippen LogP contribution is 2.21. The number of halogens is 3. The molecule has 90 valence electrons. The van der Waals surface area contributed by atoms with E-state index in [2.05, 4.69) is 35.1 Å². The molecular weight excluding hydrogens is 292 g/mol. The SMILES string of the molecule is CC(C)(CCCl)NCc1cccc(F)c1Br. The summed E-state index contributed by atoms with van der Waals surface area (Å²) in [5.41, 5.74) is 0.885. The van der Waals surface area contributed by atoms with E-state index < -0.39 is 0 Å². The molecule has 0 aromatic heterocycles. The molecule has 0 aliphatic carbocycles. The molecule has 0 saturated carbocycles. The van der Waals surface area contributed by atoms with Gasteiger partial charge in [0.15, 0.2) is 0 Å². The Labute approximate surface area is 110 Å². The highest BCUT2D eigenvalue weighted by atomic mass is 79.9. The van der Waals surface area contributed by atoms with Crippen LogP contribution in [-0.4, -0.2) is 11.4 Å². The van der Waals surface area contributed by atoms with E-state index in [0.29, 0.717) is 16.9 Å². The van der Waals surface area contributed by atoms with E-state index in [4.69, 9.17) is 11.6 Å². The van der Waals surface area contributed by atoms with Crippen molar-refractivity contribution in [2.24, 2.45) is 0 Å². The second-order valence-electron chi connectivity index (χ2n) is 4.39. The molecule has 0 saturated heterocycles. The molecule has 0 radical (unpaired) electrons. The van der Waals surface area contributed by atoms with Crippen molar-refractivity contribution < 1.29 is 4.39 Å². The van der Waals surface area contributed by atoms with Crippen LogP contribution in [0.1, 0.15) is 25.8 Å². The van der Waals surface area contributed by atoms with Crippen LogP contribution < -0.4 is 5.32 Å². The Balaban J connectivity index is 2.64. The summed E-state index contributed by atoms with van der Waals surface area (Å²) in [5, 5.41) is 3.36. The summed E-state index contributed by atoms with van der Waals surface area (Å²) in [6.45, 7) is 4.80. The lowest BCUT2D eigenvalue weighted by molar-refractivity contribution is 0.375. The molecule has 0 aliphatic rings. The fourth-order valence-corrected chi connectivity index (χ4v) is 2.22. The second kappa shape index (κ2) is 5.99. The molecule has 0 atom stereocenters. The van der Waals surface area contributed by atoms with Gasteiger partial charge in [-0.1, -0.05) is 12.1 Å². The quantitative estimate of drug-likeness (QED) is 0.808. The zero-order chi connectivity index (χ0) is 12.2. The minimum Gasteiger partial charge on any atom is -0.308 e. The number of hydrogen-bond donors (Lipinski definition) is 1. The van der Waals surface area contributed by atoms with Gasteiger partial charge < -0.3 is 5.32 Å². The van der Waals surface area contributed by atoms with Crippen LogP contribution in [-0.2, 0) is 6.54 Å². The first-order chi connectivity index (χ1) is 7.46. The Hall–Kier alpha value is -0.120. The van der Waals surface area contributed by atoms with Gasteiger partial charge >= 0.3 is 0 Å². The van der Waals surface area contributed by atoms with E-state index in [1.807, 2.05) is 6.07 Å². The molecule has 1 aromatic carbocycles. The topological polar surface area (TPSA) is 12.0 Å².